The van der Waals surface area contributed by atoms with Crippen molar-refractivity contribution in [3.8, 4) is 0 Å². The third-order valence-corrected chi connectivity index (χ3v) is 3.15. The molecule has 1 N–H and O–H groups in total. The van der Waals surface area contributed by atoms with Crippen LogP contribution in [0.25, 0.3) is 0 Å². The zero-order valence-electron chi connectivity index (χ0n) is 11.7. The Kier molecular flexibility index (Phi) is 4.91. The summed E-state index contributed by atoms with van der Waals surface area (Å²) >= 11 is 0. The van der Waals surface area contributed by atoms with Crippen molar-refractivity contribution in [2.75, 3.05) is 20.1 Å². The molecule has 3 nitrogen and oxygen atoms in total. The molecule has 0 aromatic heterocycles. The summed E-state index contributed by atoms with van der Waals surface area (Å²) in [5.41, 5.74) is 1.86. The van der Waals surface area contributed by atoms with E-state index in [1.807, 2.05) is 7.05 Å². The molecule has 0 heterocycles. The molecule has 1 aromatic carbocycles. The number of benzene rings is 1. The van der Waals surface area contributed by atoms with Crippen LogP contribution in [0.3, 0.4) is 0 Å². The first-order valence-corrected chi connectivity index (χ1v) is 6.29. The predicted octanol–water partition coefficient (Wildman–Crippen LogP) is 2.58. The standard InChI is InChI=1S/C15H23NO2/c1-12-5-7-13(8-6-12)9-10-16(4)11-15(2,3)14(17)18/h5-8H,9-11H2,1-4H3,(H,17,18). The second kappa shape index (κ2) is 6.01. The topological polar surface area (TPSA) is 40.5 Å². The summed E-state index contributed by atoms with van der Waals surface area (Å²) < 4.78 is 0. The van der Waals surface area contributed by atoms with Gasteiger partial charge in [-0.1, -0.05) is 29.8 Å². The van der Waals surface area contributed by atoms with Gasteiger partial charge in [-0.3, -0.25) is 4.79 Å². The third kappa shape index (κ3) is 4.49. The van der Waals surface area contributed by atoms with Crippen LogP contribution in [0, 0.1) is 12.3 Å². The maximum absolute atomic E-state index is 11.0. The molecule has 0 saturated heterocycles. The second-order valence-electron chi connectivity index (χ2n) is 5.66. The molecule has 3 heteroatoms. The SMILES string of the molecule is Cc1ccc(CCN(C)CC(C)(C)C(=O)O)cc1. The van der Waals surface area contributed by atoms with Crippen LogP contribution in [-0.2, 0) is 11.2 Å². The van der Waals surface area contributed by atoms with Crippen molar-refractivity contribution in [1.29, 1.82) is 0 Å². The molecule has 0 fully saturated rings. The molecule has 0 unspecified atom stereocenters. The summed E-state index contributed by atoms with van der Waals surface area (Å²) in [4.78, 5) is 13.1. The molecule has 0 aliphatic carbocycles. The fraction of sp³-hybridized carbons (Fsp3) is 0.533. The van der Waals surface area contributed by atoms with Gasteiger partial charge in [0.15, 0.2) is 0 Å². The Morgan fingerprint density at radius 1 is 1.28 bits per heavy atom. The molecule has 1 rings (SSSR count). The molecule has 1 aromatic rings. The van der Waals surface area contributed by atoms with E-state index in [2.05, 4.69) is 36.1 Å². The van der Waals surface area contributed by atoms with Gasteiger partial charge in [-0.25, -0.2) is 0 Å². The van der Waals surface area contributed by atoms with E-state index >= 15 is 0 Å². The van der Waals surface area contributed by atoms with E-state index in [4.69, 9.17) is 5.11 Å². The van der Waals surface area contributed by atoms with E-state index in [9.17, 15) is 4.79 Å². The Bertz CT molecular complexity index is 395. The highest BCUT2D eigenvalue weighted by atomic mass is 16.4. The van der Waals surface area contributed by atoms with E-state index < -0.39 is 11.4 Å². The van der Waals surface area contributed by atoms with Crippen molar-refractivity contribution in [3.63, 3.8) is 0 Å². The van der Waals surface area contributed by atoms with Gasteiger partial charge in [0, 0.05) is 13.1 Å². The van der Waals surface area contributed by atoms with Crippen LogP contribution in [0.15, 0.2) is 24.3 Å². The van der Waals surface area contributed by atoms with Gasteiger partial charge >= 0.3 is 5.97 Å². The highest BCUT2D eigenvalue weighted by Crippen LogP contribution is 2.16. The number of likely N-dealkylation sites (N-methyl/N-ethyl adjacent to an activating group) is 1. The lowest BCUT2D eigenvalue weighted by Gasteiger charge is -2.26. The number of aryl methyl sites for hydroxylation is 1. The minimum atomic E-state index is -0.746. The maximum atomic E-state index is 11.0. The summed E-state index contributed by atoms with van der Waals surface area (Å²) in [7, 11) is 1.97. The second-order valence-corrected chi connectivity index (χ2v) is 5.66. The number of carboxylic acid groups (broad SMARTS) is 1. The van der Waals surface area contributed by atoms with Crippen LogP contribution in [0.5, 0.6) is 0 Å². The Balaban J connectivity index is 2.44. The first kappa shape index (κ1) is 14.7. The van der Waals surface area contributed by atoms with Crippen LogP contribution in [0.2, 0.25) is 0 Å². The van der Waals surface area contributed by atoms with E-state index in [0.29, 0.717) is 6.54 Å². The van der Waals surface area contributed by atoms with Gasteiger partial charge in [-0.15, -0.1) is 0 Å². The minimum Gasteiger partial charge on any atom is -0.481 e. The van der Waals surface area contributed by atoms with Gasteiger partial charge in [-0.2, -0.15) is 0 Å². The molecular formula is C15H23NO2. The molecule has 18 heavy (non-hydrogen) atoms. The largest absolute Gasteiger partial charge is 0.481 e. The lowest BCUT2D eigenvalue weighted by Crippen LogP contribution is -2.38. The Labute approximate surface area is 109 Å². The first-order valence-electron chi connectivity index (χ1n) is 6.29. The predicted molar refractivity (Wildman–Crippen MR) is 73.8 cm³/mol. The first-order chi connectivity index (χ1) is 8.31. The number of aliphatic carboxylic acids is 1. The average Bonchev–Trinajstić information content (AvgIpc) is 2.27. The monoisotopic (exact) mass is 249 g/mol. The van der Waals surface area contributed by atoms with E-state index in [0.717, 1.165) is 13.0 Å². The number of rotatable bonds is 6. The maximum Gasteiger partial charge on any atom is 0.310 e. The van der Waals surface area contributed by atoms with Gasteiger partial charge in [-0.05, 0) is 39.8 Å². The molecule has 0 radical (unpaired) electrons. The van der Waals surface area contributed by atoms with Crippen molar-refractivity contribution in [1.82, 2.24) is 4.90 Å². The zero-order chi connectivity index (χ0) is 13.8. The lowest BCUT2D eigenvalue weighted by atomic mass is 9.93. The van der Waals surface area contributed by atoms with E-state index in [1.165, 1.54) is 11.1 Å². The van der Waals surface area contributed by atoms with Crippen LogP contribution in [0.1, 0.15) is 25.0 Å². The number of hydrogen-bond acceptors (Lipinski definition) is 2. The van der Waals surface area contributed by atoms with Gasteiger partial charge in [0.2, 0.25) is 0 Å². The summed E-state index contributed by atoms with van der Waals surface area (Å²) in [6.07, 6.45) is 0.951. The van der Waals surface area contributed by atoms with Crippen molar-refractivity contribution in [3.05, 3.63) is 35.4 Å². The van der Waals surface area contributed by atoms with Crippen LogP contribution in [0.4, 0.5) is 0 Å². The van der Waals surface area contributed by atoms with Gasteiger partial charge < -0.3 is 10.0 Å². The Morgan fingerprint density at radius 2 is 1.83 bits per heavy atom. The molecule has 0 bridgehead atoms. The fourth-order valence-corrected chi connectivity index (χ4v) is 1.90. The quantitative estimate of drug-likeness (QED) is 0.842. The highest BCUT2D eigenvalue weighted by Gasteiger charge is 2.28. The summed E-state index contributed by atoms with van der Waals surface area (Å²) in [5, 5.41) is 9.08. The van der Waals surface area contributed by atoms with E-state index in [1.54, 1.807) is 13.8 Å². The molecule has 0 aliphatic heterocycles. The number of carbonyl (C=O) groups is 1. The van der Waals surface area contributed by atoms with Gasteiger partial charge in [0.25, 0.3) is 0 Å². The third-order valence-electron chi connectivity index (χ3n) is 3.15. The smallest absolute Gasteiger partial charge is 0.310 e. The number of nitrogens with zero attached hydrogens (tertiary/aromatic N) is 1. The molecule has 0 atom stereocenters. The molecule has 100 valence electrons. The van der Waals surface area contributed by atoms with Crippen LogP contribution >= 0.6 is 0 Å². The van der Waals surface area contributed by atoms with Crippen LogP contribution in [-0.4, -0.2) is 36.1 Å². The highest BCUT2D eigenvalue weighted by molar-refractivity contribution is 5.73. The van der Waals surface area contributed by atoms with Crippen LogP contribution < -0.4 is 0 Å². The molecule has 0 saturated carbocycles. The van der Waals surface area contributed by atoms with Crippen molar-refractivity contribution in [2.24, 2.45) is 5.41 Å². The lowest BCUT2D eigenvalue weighted by molar-refractivity contribution is -0.147. The molecule has 0 aliphatic rings. The number of hydrogen-bond donors (Lipinski definition) is 1. The Morgan fingerprint density at radius 3 is 2.33 bits per heavy atom. The summed E-state index contributed by atoms with van der Waals surface area (Å²) in [5.74, 6) is -0.746. The van der Waals surface area contributed by atoms with E-state index in [-0.39, 0.29) is 0 Å². The van der Waals surface area contributed by atoms with Gasteiger partial charge in [0.1, 0.15) is 0 Å². The van der Waals surface area contributed by atoms with Crippen molar-refractivity contribution >= 4 is 5.97 Å². The zero-order valence-corrected chi connectivity index (χ0v) is 11.7. The Hall–Kier alpha value is -1.35. The van der Waals surface area contributed by atoms with Crippen molar-refractivity contribution < 1.29 is 9.90 Å². The molecule has 0 amide bonds. The summed E-state index contributed by atoms with van der Waals surface area (Å²) in [6, 6.07) is 8.48. The van der Waals surface area contributed by atoms with Crippen molar-refractivity contribution in [2.45, 2.75) is 27.2 Å². The normalized spacial score (nSPS) is 11.8. The number of carboxylic acids is 1. The molecular weight excluding hydrogens is 226 g/mol. The fourth-order valence-electron chi connectivity index (χ4n) is 1.90. The average molecular weight is 249 g/mol. The summed E-state index contributed by atoms with van der Waals surface area (Å²) in [6.45, 7) is 7.04. The minimum absolute atomic E-state index is 0.564. The van der Waals surface area contributed by atoms with Gasteiger partial charge in [0.05, 0.1) is 5.41 Å². The molecule has 0 spiro atoms.